The minimum Gasteiger partial charge on any atom is -0.346 e. The lowest BCUT2D eigenvalue weighted by molar-refractivity contribution is 0.997. The predicted octanol–water partition coefficient (Wildman–Crippen LogP) is 1.14. The first kappa shape index (κ1) is 11.2. The summed E-state index contributed by atoms with van der Waals surface area (Å²) in [5, 5.41) is 6.90. The lowest BCUT2D eigenvalue weighted by Gasteiger charge is -2.03. The average Bonchev–Trinajstić information content (AvgIpc) is 2.66. The summed E-state index contributed by atoms with van der Waals surface area (Å²) in [5.41, 5.74) is 0.855. The summed E-state index contributed by atoms with van der Waals surface area (Å²) in [7, 11) is 5.48. The highest BCUT2D eigenvalue weighted by molar-refractivity contribution is 6.08. The Hall–Kier alpha value is -1.91. The molecule has 5 nitrogen and oxygen atoms in total. The van der Waals surface area contributed by atoms with Crippen molar-refractivity contribution in [1.82, 2.24) is 15.2 Å². The zero-order valence-electron chi connectivity index (χ0n) is 9.23. The van der Waals surface area contributed by atoms with Crippen molar-refractivity contribution in [2.24, 2.45) is 4.99 Å². The molecule has 0 aromatic carbocycles. The summed E-state index contributed by atoms with van der Waals surface area (Å²) in [5.74, 6) is 1.33. The van der Waals surface area contributed by atoms with Gasteiger partial charge in [0.25, 0.3) is 0 Å². The zero-order valence-corrected chi connectivity index (χ0v) is 9.23. The van der Waals surface area contributed by atoms with Gasteiger partial charge in [-0.2, -0.15) is 4.98 Å². The Morgan fingerprint density at radius 2 is 2.27 bits per heavy atom. The number of aromatic nitrogens is 3. The molecular weight excluding hydrogens is 190 g/mol. The van der Waals surface area contributed by atoms with Crippen LogP contribution in [0.3, 0.4) is 0 Å². The lowest BCUT2D eigenvalue weighted by Crippen LogP contribution is -2.10. The van der Waals surface area contributed by atoms with Crippen molar-refractivity contribution in [1.29, 1.82) is 0 Å². The molecule has 0 aliphatic heterocycles. The number of H-pyrrole nitrogens is 1. The molecule has 1 aromatic heterocycles. The van der Waals surface area contributed by atoms with Gasteiger partial charge in [-0.1, -0.05) is 18.7 Å². The Balaban J connectivity index is 3.02. The molecule has 1 heterocycles. The molecule has 1 N–H and O–H groups in total. The van der Waals surface area contributed by atoms with E-state index in [1.165, 1.54) is 0 Å². The highest BCUT2D eigenvalue weighted by Gasteiger charge is 2.06. The molecule has 0 bridgehead atoms. The standard InChI is InChI=1S/C10H15N5/c1-5-6-8(7-11-2)9-12-10(14-13-9)15(3)4/h5-7H,1H2,2-4H3,(H,12,13,14)/b8-6+,11-7?. The van der Waals surface area contributed by atoms with Crippen molar-refractivity contribution < 1.29 is 0 Å². The van der Waals surface area contributed by atoms with Gasteiger partial charge in [0, 0.05) is 32.9 Å². The van der Waals surface area contributed by atoms with Crippen LogP contribution in [0.5, 0.6) is 0 Å². The largest absolute Gasteiger partial charge is 0.346 e. The first-order valence-electron chi connectivity index (χ1n) is 4.54. The Morgan fingerprint density at radius 3 is 2.73 bits per heavy atom. The van der Waals surface area contributed by atoms with Crippen molar-refractivity contribution >= 4 is 17.7 Å². The number of anilines is 1. The molecule has 0 aliphatic carbocycles. The van der Waals surface area contributed by atoms with Crippen LogP contribution < -0.4 is 4.90 Å². The van der Waals surface area contributed by atoms with Gasteiger partial charge in [-0.05, 0) is 0 Å². The Morgan fingerprint density at radius 1 is 1.53 bits per heavy atom. The third kappa shape index (κ3) is 2.77. The number of rotatable bonds is 4. The van der Waals surface area contributed by atoms with Crippen molar-refractivity contribution in [3.8, 4) is 0 Å². The quantitative estimate of drug-likeness (QED) is 0.592. The summed E-state index contributed by atoms with van der Waals surface area (Å²) < 4.78 is 0. The van der Waals surface area contributed by atoms with Crippen molar-refractivity contribution in [2.75, 3.05) is 26.0 Å². The maximum absolute atomic E-state index is 4.30. The summed E-state index contributed by atoms with van der Waals surface area (Å²) in [6.45, 7) is 3.64. The molecule has 5 heteroatoms. The molecule has 0 spiro atoms. The van der Waals surface area contributed by atoms with Gasteiger partial charge < -0.3 is 4.90 Å². The molecule has 0 fully saturated rings. The first-order chi connectivity index (χ1) is 7.19. The predicted molar refractivity (Wildman–Crippen MR) is 63.3 cm³/mol. The number of allylic oxidation sites excluding steroid dienone is 3. The van der Waals surface area contributed by atoms with E-state index in [1.54, 1.807) is 19.3 Å². The minimum absolute atomic E-state index is 0.643. The van der Waals surface area contributed by atoms with E-state index >= 15 is 0 Å². The van der Waals surface area contributed by atoms with E-state index in [0.717, 1.165) is 5.57 Å². The number of nitrogens with zero attached hydrogens (tertiary/aromatic N) is 4. The highest BCUT2D eigenvalue weighted by Crippen LogP contribution is 2.10. The molecule has 0 unspecified atom stereocenters. The monoisotopic (exact) mass is 205 g/mol. The topological polar surface area (TPSA) is 57.2 Å². The van der Waals surface area contributed by atoms with Crippen LogP contribution in [0.25, 0.3) is 5.57 Å². The summed E-state index contributed by atoms with van der Waals surface area (Å²) in [4.78, 5) is 10.1. The van der Waals surface area contributed by atoms with E-state index in [0.29, 0.717) is 11.8 Å². The van der Waals surface area contributed by atoms with Gasteiger partial charge in [0.2, 0.25) is 5.95 Å². The van der Waals surface area contributed by atoms with Crippen LogP contribution in [0.1, 0.15) is 5.82 Å². The van der Waals surface area contributed by atoms with E-state index in [4.69, 9.17) is 0 Å². The maximum atomic E-state index is 4.30. The van der Waals surface area contributed by atoms with E-state index in [-0.39, 0.29) is 0 Å². The van der Waals surface area contributed by atoms with Gasteiger partial charge in [-0.25, -0.2) is 0 Å². The third-order valence-corrected chi connectivity index (χ3v) is 1.71. The number of aliphatic imine (C=N–C) groups is 1. The van der Waals surface area contributed by atoms with Gasteiger partial charge in [0.1, 0.15) is 0 Å². The van der Waals surface area contributed by atoms with Crippen LogP contribution in [0.15, 0.2) is 23.7 Å². The molecular formula is C10H15N5. The average molecular weight is 205 g/mol. The van der Waals surface area contributed by atoms with Gasteiger partial charge >= 0.3 is 0 Å². The van der Waals surface area contributed by atoms with Gasteiger partial charge in [-0.15, -0.1) is 5.10 Å². The van der Waals surface area contributed by atoms with E-state index in [2.05, 4.69) is 26.8 Å². The van der Waals surface area contributed by atoms with Crippen LogP contribution in [0.2, 0.25) is 0 Å². The van der Waals surface area contributed by atoms with Crippen molar-refractivity contribution in [2.45, 2.75) is 0 Å². The maximum Gasteiger partial charge on any atom is 0.244 e. The number of hydrogen-bond acceptors (Lipinski definition) is 4. The van der Waals surface area contributed by atoms with Crippen molar-refractivity contribution in [3.63, 3.8) is 0 Å². The van der Waals surface area contributed by atoms with Crippen LogP contribution >= 0.6 is 0 Å². The number of nitrogens with one attached hydrogen (secondary N) is 1. The molecule has 0 saturated carbocycles. The molecule has 1 aromatic rings. The second-order valence-corrected chi connectivity index (χ2v) is 3.12. The van der Waals surface area contributed by atoms with E-state index in [9.17, 15) is 0 Å². The summed E-state index contributed by atoms with van der Waals surface area (Å²) in [6, 6.07) is 0. The SMILES string of the molecule is C=C/C=C(\C=NC)c1nc(N(C)C)n[nH]1. The first-order valence-corrected chi connectivity index (χ1v) is 4.54. The molecule has 0 atom stereocenters. The highest BCUT2D eigenvalue weighted by atomic mass is 15.3. The second-order valence-electron chi connectivity index (χ2n) is 3.12. The second kappa shape index (κ2) is 5.09. The summed E-state index contributed by atoms with van der Waals surface area (Å²) in [6.07, 6.45) is 5.23. The van der Waals surface area contributed by atoms with E-state index in [1.807, 2.05) is 25.1 Å². The fourth-order valence-corrected chi connectivity index (χ4v) is 1.03. The van der Waals surface area contributed by atoms with Gasteiger partial charge in [0.15, 0.2) is 5.82 Å². The van der Waals surface area contributed by atoms with E-state index < -0.39 is 0 Å². The molecule has 0 radical (unpaired) electrons. The zero-order chi connectivity index (χ0) is 11.3. The third-order valence-electron chi connectivity index (χ3n) is 1.71. The fourth-order valence-electron chi connectivity index (χ4n) is 1.03. The Labute approximate surface area is 89.2 Å². The molecule has 0 amide bonds. The van der Waals surface area contributed by atoms with Crippen LogP contribution in [-0.2, 0) is 0 Å². The number of hydrogen-bond donors (Lipinski definition) is 1. The Bertz CT molecular complexity index is 386. The lowest BCUT2D eigenvalue weighted by atomic mass is 10.2. The van der Waals surface area contributed by atoms with Crippen molar-refractivity contribution in [3.05, 3.63) is 24.6 Å². The Kier molecular flexibility index (Phi) is 3.79. The molecule has 1 rings (SSSR count). The normalized spacial score (nSPS) is 12.1. The smallest absolute Gasteiger partial charge is 0.244 e. The van der Waals surface area contributed by atoms with Gasteiger partial charge in [0.05, 0.1) is 0 Å². The van der Waals surface area contributed by atoms with Gasteiger partial charge in [-0.3, -0.25) is 10.1 Å². The van der Waals surface area contributed by atoms with Crippen LogP contribution in [-0.4, -0.2) is 42.5 Å². The fraction of sp³-hybridized carbons (Fsp3) is 0.300. The van der Waals surface area contributed by atoms with Crippen LogP contribution in [0.4, 0.5) is 5.95 Å². The molecule has 15 heavy (non-hydrogen) atoms. The summed E-state index contributed by atoms with van der Waals surface area (Å²) >= 11 is 0. The van der Waals surface area contributed by atoms with Crippen LogP contribution in [0, 0.1) is 0 Å². The molecule has 80 valence electrons. The molecule has 0 aliphatic rings. The minimum atomic E-state index is 0.643. The number of aromatic amines is 1. The molecule has 0 saturated heterocycles.